The van der Waals surface area contributed by atoms with Crippen molar-refractivity contribution in [1.29, 1.82) is 0 Å². The molecule has 0 aliphatic carbocycles. The van der Waals surface area contributed by atoms with E-state index >= 15 is 0 Å². The number of furan rings is 1. The van der Waals surface area contributed by atoms with E-state index < -0.39 is 0 Å². The number of carbonyl (C=O) groups is 1. The number of anilines is 2. The van der Waals surface area contributed by atoms with Gasteiger partial charge in [-0.05, 0) is 49.9 Å². The van der Waals surface area contributed by atoms with Crippen molar-refractivity contribution in [3.63, 3.8) is 0 Å². The zero-order valence-electron chi connectivity index (χ0n) is 14.7. The van der Waals surface area contributed by atoms with Crippen LogP contribution in [0.3, 0.4) is 0 Å². The van der Waals surface area contributed by atoms with Crippen molar-refractivity contribution in [2.45, 2.75) is 32.6 Å². The first kappa shape index (κ1) is 17.5. The lowest BCUT2D eigenvalue weighted by atomic mass is 9.97. The van der Waals surface area contributed by atoms with Crippen molar-refractivity contribution in [2.75, 3.05) is 29.9 Å². The average molecular weight is 342 g/mol. The van der Waals surface area contributed by atoms with Gasteiger partial charge in [-0.2, -0.15) is 0 Å². The van der Waals surface area contributed by atoms with Crippen molar-refractivity contribution in [3.8, 4) is 0 Å². The number of piperidine rings is 1. The lowest BCUT2D eigenvalue weighted by Crippen LogP contribution is -2.35. The molecule has 1 aromatic carbocycles. The van der Waals surface area contributed by atoms with Crippen LogP contribution in [0.15, 0.2) is 40.8 Å². The molecule has 134 valence electrons. The van der Waals surface area contributed by atoms with E-state index in [-0.39, 0.29) is 12.5 Å². The maximum absolute atomic E-state index is 12.3. The van der Waals surface area contributed by atoms with E-state index in [2.05, 4.69) is 10.2 Å². The van der Waals surface area contributed by atoms with Gasteiger partial charge in [-0.1, -0.05) is 12.1 Å². The largest absolute Gasteiger partial charge is 0.466 e. The highest BCUT2D eigenvalue weighted by molar-refractivity contribution is 5.94. The number of aryl methyl sites for hydroxylation is 2. The van der Waals surface area contributed by atoms with Crippen LogP contribution in [0.1, 0.15) is 30.8 Å². The van der Waals surface area contributed by atoms with Crippen molar-refractivity contribution >= 4 is 17.3 Å². The Morgan fingerprint density at radius 3 is 2.68 bits per heavy atom. The Bertz CT molecular complexity index is 702. The molecule has 1 aliphatic heterocycles. The van der Waals surface area contributed by atoms with E-state index in [1.807, 2.05) is 43.3 Å². The number of amides is 1. The minimum atomic E-state index is -0.00764. The van der Waals surface area contributed by atoms with Crippen molar-refractivity contribution in [2.24, 2.45) is 5.92 Å². The van der Waals surface area contributed by atoms with Crippen molar-refractivity contribution in [3.05, 3.63) is 47.9 Å². The first-order chi connectivity index (χ1) is 12.2. The van der Waals surface area contributed by atoms with Gasteiger partial charge in [0.15, 0.2) is 0 Å². The molecule has 2 aromatic rings. The van der Waals surface area contributed by atoms with Crippen LogP contribution < -0.4 is 10.2 Å². The molecule has 0 radical (unpaired) electrons. The summed E-state index contributed by atoms with van der Waals surface area (Å²) < 4.78 is 5.52. The van der Waals surface area contributed by atoms with Gasteiger partial charge >= 0.3 is 0 Å². The normalized spacial score (nSPS) is 15.4. The number of hydrogen-bond acceptors (Lipinski definition) is 4. The van der Waals surface area contributed by atoms with Gasteiger partial charge in [-0.15, -0.1) is 0 Å². The molecule has 0 spiro atoms. The molecule has 1 fully saturated rings. The average Bonchev–Trinajstić information content (AvgIpc) is 3.06. The fourth-order valence-electron chi connectivity index (χ4n) is 3.28. The highest BCUT2D eigenvalue weighted by Crippen LogP contribution is 2.29. The van der Waals surface area contributed by atoms with Gasteiger partial charge in [0.25, 0.3) is 0 Å². The van der Waals surface area contributed by atoms with Gasteiger partial charge in [-0.3, -0.25) is 4.79 Å². The second kappa shape index (κ2) is 8.21. The molecule has 0 saturated carbocycles. The summed E-state index contributed by atoms with van der Waals surface area (Å²) in [6, 6.07) is 11.8. The van der Waals surface area contributed by atoms with E-state index in [1.165, 1.54) is 0 Å². The minimum absolute atomic E-state index is 0.00764. The summed E-state index contributed by atoms with van der Waals surface area (Å²) in [5.74, 6) is 2.10. The number of aliphatic hydroxyl groups excluding tert-OH is 1. The molecule has 2 heterocycles. The summed E-state index contributed by atoms with van der Waals surface area (Å²) in [7, 11) is 0. The van der Waals surface area contributed by atoms with E-state index in [9.17, 15) is 9.90 Å². The Morgan fingerprint density at radius 2 is 2.00 bits per heavy atom. The number of nitrogens with zero attached hydrogens (tertiary/aromatic N) is 1. The fraction of sp³-hybridized carbons (Fsp3) is 0.450. The maximum Gasteiger partial charge on any atom is 0.224 e. The van der Waals surface area contributed by atoms with Crippen LogP contribution in [-0.2, 0) is 11.2 Å². The minimum Gasteiger partial charge on any atom is -0.466 e. The summed E-state index contributed by atoms with van der Waals surface area (Å²) in [6.07, 6.45) is 2.96. The first-order valence-corrected chi connectivity index (χ1v) is 8.95. The van der Waals surface area contributed by atoms with Gasteiger partial charge in [0.2, 0.25) is 5.91 Å². The Hall–Kier alpha value is -2.27. The molecule has 0 unspecified atom stereocenters. The molecule has 0 atom stereocenters. The van der Waals surface area contributed by atoms with Crippen molar-refractivity contribution < 1.29 is 14.3 Å². The molecule has 1 aromatic heterocycles. The number of carbonyl (C=O) groups excluding carboxylic acids is 1. The third-order valence-corrected chi connectivity index (χ3v) is 4.79. The number of para-hydroxylation sites is 2. The van der Waals surface area contributed by atoms with E-state index in [0.717, 1.165) is 48.8 Å². The lowest BCUT2D eigenvalue weighted by Gasteiger charge is -2.34. The highest BCUT2D eigenvalue weighted by Gasteiger charge is 2.20. The topological polar surface area (TPSA) is 65.7 Å². The Morgan fingerprint density at radius 1 is 1.24 bits per heavy atom. The van der Waals surface area contributed by atoms with Gasteiger partial charge < -0.3 is 19.7 Å². The van der Waals surface area contributed by atoms with E-state index in [0.29, 0.717) is 18.8 Å². The van der Waals surface area contributed by atoms with Crippen LogP contribution >= 0.6 is 0 Å². The molecule has 1 amide bonds. The smallest absolute Gasteiger partial charge is 0.224 e. The SMILES string of the molecule is Cc1ccc(CCC(=O)Nc2ccccc2N2CCC(CO)CC2)o1. The van der Waals surface area contributed by atoms with E-state index in [1.54, 1.807) is 0 Å². The third kappa shape index (κ3) is 4.63. The zero-order valence-corrected chi connectivity index (χ0v) is 14.7. The maximum atomic E-state index is 12.3. The summed E-state index contributed by atoms with van der Waals surface area (Å²) in [5.41, 5.74) is 1.91. The van der Waals surface area contributed by atoms with Gasteiger partial charge in [0, 0.05) is 32.5 Å². The summed E-state index contributed by atoms with van der Waals surface area (Å²) >= 11 is 0. The van der Waals surface area contributed by atoms with Crippen LogP contribution in [0.2, 0.25) is 0 Å². The fourth-order valence-corrected chi connectivity index (χ4v) is 3.28. The standard InChI is InChI=1S/C20H26N2O3/c1-15-6-7-17(25-15)8-9-20(24)21-18-4-2-3-5-19(18)22-12-10-16(14-23)11-13-22/h2-7,16,23H,8-14H2,1H3,(H,21,24). The number of aliphatic hydroxyl groups is 1. The summed E-state index contributed by atoms with van der Waals surface area (Å²) in [6.45, 7) is 3.98. The Balaban J connectivity index is 1.59. The molecule has 0 bridgehead atoms. The molecule has 5 nitrogen and oxygen atoms in total. The summed E-state index contributed by atoms with van der Waals surface area (Å²) in [5, 5.41) is 12.3. The first-order valence-electron chi connectivity index (χ1n) is 8.95. The van der Waals surface area contributed by atoms with Crippen LogP contribution in [-0.4, -0.2) is 30.7 Å². The number of benzene rings is 1. The second-order valence-corrected chi connectivity index (χ2v) is 6.69. The molecule has 1 aliphatic rings. The lowest BCUT2D eigenvalue weighted by molar-refractivity contribution is -0.116. The molecule has 3 rings (SSSR count). The number of rotatable bonds is 6. The molecule has 5 heteroatoms. The summed E-state index contributed by atoms with van der Waals surface area (Å²) in [4.78, 5) is 14.6. The molecule has 25 heavy (non-hydrogen) atoms. The van der Waals surface area contributed by atoms with Crippen LogP contribution in [0.25, 0.3) is 0 Å². The van der Waals surface area contributed by atoms with Gasteiger partial charge in [-0.25, -0.2) is 0 Å². The van der Waals surface area contributed by atoms with Crippen LogP contribution in [0, 0.1) is 12.8 Å². The molecule has 2 N–H and O–H groups in total. The predicted molar refractivity (Wildman–Crippen MR) is 98.9 cm³/mol. The predicted octanol–water partition coefficient (Wildman–Crippen LogP) is 3.37. The van der Waals surface area contributed by atoms with E-state index in [4.69, 9.17) is 4.42 Å². The van der Waals surface area contributed by atoms with Gasteiger partial charge in [0.1, 0.15) is 11.5 Å². The van der Waals surface area contributed by atoms with Crippen LogP contribution in [0.5, 0.6) is 0 Å². The third-order valence-electron chi connectivity index (χ3n) is 4.79. The van der Waals surface area contributed by atoms with Crippen LogP contribution in [0.4, 0.5) is 11.4 Å². The highest BCUT2D eigenvalue weighted by atomic mass is 16.3. The van der Waals surface area contributed by atoms with Gasteiger partial charge in [0.05, 0.1) is 11.4 Å². The molecule has 1 saturated heterocycles. The van der Waals surface area contributed by atoms with Crippen molar-refractivity contribution in [1.82, 2.24) is 0 Å². The quantitative estimate of drug-likeness (QED) is 0.845. The second-order valence-electron chi connectivity index (χ2n) is 6.69. The zero-order chi connectivity index (χ0) is 17.6. The Labute approximate surface area is 148 Å². The monoisotopic (exact) mass is 342 g/mol. The number of nitrogens with one attached hydrogen (secondary N) is 1. The Kier molecular flexibility index (Phi) is 5.76. The molecular weight excluding hydrogens is 316 g/mol. The number of hydrogen-bond donors (Lipinski definition) is 2. The molecular formula is C20H26N2O3.